The Kier molecular flexibility index (Phi) is 5.24. The zero-order valence-corrected chi connectivity index (χ0v) is 18.3. The molecule has 0 saturated heterocycles. The van der Waals surface area contributed by atoms with E-state index in [0.717, 1.165) is 11.1 Å². The molecule has 1 N–H and O–H groups in total. The highest BCUT2D eigenvalue weighted by Crippen LogP contribution is 2.48. The van der Waals surface area contributed by atoms with Crippen molar-refractivity contribution in [1.82, 2.24) is 4.90 Å². The second kappa shape index (κ2) is 8.24. The van der Waals surface area contributed by atoms with Crippen molar-refractivity contribution in [2.75, 3.05) is 26.1 Å². The third-order valence-electron chi connectivity index (χ3n) is 6.44. The Hall–Kier alpha value is -3.87. The van der Waals surface area contributed by atoms with Gasteiger partial charge in [0.2, 0.25) is 5.91 Å². The van der Waals surface area contributed by atoms with Crippen LogP contribution in [0.1, 0.15) is 39.0 Å². The number of carbonyl (C=O) groups excluding carboxylic acids is 2. The van der Waals surface area contributed by atoms with Gasteiger partial charge in [0.05, 0.1) is 31.9 Å². The number of hydrogen-bond acceptors (Lipinski definition) is 4. The number of rotatable bonds is 4. The Morgan fingerprint density at radius 3 is 2.45 bits per heavy atom. The number of hydrogen-bond donors (Lipinski definition) is 1. The molecule has 0 spiro atoms. The van der Waals surface area contributed by atoms with E-state index in [1.807, 2.05) is 18.2 Å². The number of nitrogens with zero attached hydrogens (tertiary/aromatic N) is 1. The Labute approximate surface area is 190 Å². The lowest BCUT2D eigenvalue weighted by atomic mass is 9.75. The Morgan fingerprint density at radius 1 is 1.00 bits per heavy atom. The number of methoxy groups -OCH3 is 2. The van der Waals surface area contributed by atoms with Crippen LogP contribution in [-0.2, 0) is 11.2 Å². The third kappa shape index (κ3) is 3.40. The molecule has 168 valence electrons. The molecule has 2 amide bonds. The fourth-order valence-corrected chi connectivity index (χ4v) is 4.91. The van der Waals surface area contributed by atoms with Crippen molar-refractivity contribution in [3.05, 3.63) is 88.7 Å². The van der Waals surface area contributed by atoms with Crippen LogP contribution in [0.15, 0.2) is 60.7 Å². The molecule has 2 aliphatic heterocycles. The highest BCUT2D eigenvalue weighted by atomic mass is 19.1. The highest BCUT2D eigenvalue weighted by Gasteiger charge is 2.46. The minimum Gasteiger partial charge on any atom is -0.493 e. The summed E-state index contributed by atoms with van der Waals surface area (Å²) in [4.78, 5) is 28.8. The molecule has 0 radical (unpaired) electrons. The van der Waals surface area contributed by atoms with Crippen molar-refractivity contribution in [3.63, 3.8) is 0 Å². The number of anilines is 1. The zero-order chi connectivity index (χ0) is 23.1. The molecule has 2 aliphatic rings. The molecule has 2 atom stereocenters. The molecule has 0 saturated carbocycles. The predicted octanol–water partition coefficient (Wildman–Crippen LogP) is 4.32. The van der Waals surface area contributed by atoms with Gasteiger partial charge in [-0.25, -0.2) is 4.39 Å². The molecule has 33 heavy (non-hydrogen) atoms. The van der Waals surface area contributed by atoms with Gasteiger partial charge in [-0.2, -0.15) is 0 Å². The second-order valence-corrected chi connectivity index (χ2v) is 8.13. The lowest BCUT2D eigenvalue weighted by molar-refractivity contribution is -0.119. The van der Waals surface area contributed by atoms with Crippen LogP contribution in [0, 0.1) is 5.82 Å². The average Bonchev–Trinajstić information content (AvgIpc) is 2.84. The van der Waals surface area contributed by atoms with Crippen molar-refractivity contribution >= 4 is 17.5 Å². The van der Waals surface area contributed by atoms with Crippen molar-refractivity contribution in [1.29, 1.82) is 0 Å². The molecular formula is C26H23FN2O4. The van der Waals surface area contributed by atoms with E-state index in [2.05, 4.69) is 5.32 Å². The molecule has 7 heteroatoms. The van der Waals surface area contributed by atoms with Crippen LogP contribution in [0.3, 0.4) is 0 Å². The number of fused-ring (bicyclic) bond motifs is 4. The molecule has 5 rings (SSSR count). The largest absolute Gasteiger partial charge is 0.493 e. The molecule has 3 aromatic carbocycles. The van der Waals surface area contributed by atoms with E-state index in [1.54, 1.807) is 49.5 Å². The summed E-state index contributed by atoms with van der Waals surface area (Å²) in [5.74, 6) is -0.616. The van der Waals surface area contributed by atoms with E-state index < -0.39 is 17.8 Å². The summed E-state index contributed by atoms with van der Waals surface area (Å²) in [6.45, 7) is 0.462. The zero-order valence-electron chi connectivity index (χ0n) is 18.3. The van der Waals surface area contributed by atoms with Crippen LogP contribution < -0.4 is 14.8 Å². The van der Waals surface area contributed by atoms with Gasteiger partial charge < -0.3 is 19.7 Å². The van der Waals surface area contributed by atoms with E-state index in [1.165, 1.54) is 12.1 Å². The standard InChI is InChI=1S/C26H23FN2O4/c1-32-21-13-15-11-12-29-24(18(15)14-22(21)33-2)23(16-7-3-4-8-17(16)26(29)31)25(30)28-20-10-6-5-9-19(20)27/h3-10,13-14,23-24H,11-12H2,1-2H3,(H,28,30). The number of halogens is 1. The summed E-state index contributed by atoms with van der Waals surface area (Å²) in [5, 5.41) is 2.74. The molecule has 0 fully saturated rings. The van der Waals surface area contributed by atoms with Crippen LogP contribution >= 0.6 is 0 Å². The molecule has 2 unspecified atom stereocenters. The minimum absolute atomic E-state index is 0.103. The number of benzene rings is 3. The number of ether oxygens (including phenoxy) is 2. The molecule has 0 bridgehead atoms. The normalized spacial score (nSPS) is 18.6. The maximum Gasteiger partial charge on any atom is 0.254 e. The maximum atomic E-state index is 14.3. The number of para-hydroxylation sites is 1. The van der Waals surface area contributed by atoms with Gasteiger partial charge in [0.25, 0.3) is 5.91 Å². The van der Waals surface area contributed by atoms with Gasteiger partial charge >= 0.3 is 0 Å². The van der Waals surface area contributed by atoms with Gasteiger partial charge in [-0.15, -0.1) is 0 Å². The fraction of sp³-hybridized carbons (Fsp3) is 0.231. The quantitative estimate of drug-likeness (QED) is 0.648. The summed E-state index contributed by atoms with van der Waals surface area (Å²) < 4.78 is 25.3. The molecule has 2 heterocycles. The summed E-state index contributed by atoms with van der Waals surface area (Å²) in [6, 6.07) is 16.4. The Bertz CT molecular complexity index is 1260. The van der Waals surface area contributed by atoms with Crippen LogP contribution in [0.25, 0.3) is 0 Å². The van der Waals surface area contributed by atoms with Crippen LogP contribution in [-0.4, -0.2) is 37.5 Å². The monoisotopic (exact) mass is 446 g/mol. The smallest absolute Gasteiger partial charge is 0.254 e. The van der Waals surface area contributed by atoms with Crippen molar-refractivity contribution < 1.29 is 23.5 Å². The molecule has 6 nitrogen and oxygen atoms in total. The number of carbonyl (C=O) groups is 2. The van der Waals surface area contributed by atoms with Gasteiger partial charge in [-0.1, -0.05) is 30.3 Å². The van der Waals surface area contributed by atoms with E-state index in [9.17, 15) is 14.0 Å². The van der Waals surface area contributed by atoms with E-state index in [-0.39, 0.29) is 17.5 Å². The first-order valence-corrected chi connectivity index (χ1v) is 10.7. The van der Waals surface area contributed by atoms with Crippen molar-refractivity contribution in [3.8, 4) is 11.5 Å². The third-order valence-corrected chi connectivity index (χ3v) is 6.44. The van der Waals surface area contributed by atoms with E-state index >= 15 is 0 Å². The first-order chi connectivity index (χ1) is 16.0. The average molecular weight is 446 g/mol. The highest BCUT2D eigenvalue weighted by molar-refractivity contribution is 6.04. The summed E-state index contributed by atoms with van der Waals surface area (Å²) in [6.07, 6.45) is 0.627. The van der Waals surface area contributed by atoms with Crippen LogP contribution in [0.4, 0.5) is 10.1 Å². The Balaban J connectivity index is 1.66. The van der Waals surface area contributed by atoms with Gasteiger partial charge in [0.15, 0.2) is 11.5 Å². The topological polar surface area (TPSA) is 67.9 Å². The fourth-order valence-electron chi connectivity index (χ4n) is 4.91. The van der Waals surface area contributed by atoms with Gasteiger partial charge in [-0.3, -0.25) is 9.59 Å². The van der Waals surface area contributed by atoms with E-state index in [0.29, 0.717) is 35.6 Å². The predicted molar refractivity (Wildman–Crippen MR) is 121 cm³/mol. The minimum atomic E-state index is -0.726. The van der Waals surface area contributed by atoms with Gasteiger partial charge in [0.1, 0.15) is 5.82 Å². The van der Waals surface area contributed by atoms with Crippen molar-refractivity contribution in [2.45, 2.75) is 18.4 Å². The first kappa shape index (κ1) is 21.0. The van der Waals surface area contributed by atoms with Crippen LogP contribution in [0.2, 0.25) is 0 Å². The summed E-state index contributed by atoms with van der Waals surface area (Å²) in [5.41, 5.74) is 3.04. The lowest BCUT2D eigenvalue weighted by Crippen LogP contribution is -2.49. The SMILES string of the molecule is COc1cc2c(cc1OC)C1C(C(=O)Nc3ccccc3F)c3ccccc3C(=O)N1CC2. The molecular weight excluding hydrogens is 423 g/mol. The van der Waals surface area contributed by atoms with E-state index in [4.69, 9.17) is 9.47 Å². The molecule has 3 aromatic rings. The van der Waals surface area contributed by atoms with Gasteiger partial charge in [0, 0.05) is 12.1 Å². The number of nitrogens with one attached hydrogen (secondary N) is 1. The lowest BCUT2D eigenvalue weighted by Gasteiger charge is -2.45. The first-order valence-electron chi connectivity index (χ1n) is 10.7. The molecule has 0 aliphatic carbocycles. The molecule has 0 aromatic heterocycles. The maximum absolute atomic E-state index is 14.3. The van der Waals surface area contributed by atoms with Crippen LogP contribution in [0.5, 0.6) is 11.5 Å². The second-order valence-electron chi connectivity index (χ2n) is 8.13. The summed E-state index contributed by atoms with van der Waals surface area (Å²) >= 11 is 0. The number of amides is 2. The van der Waals surface area contributed by atoms with Gasteiger partial charge in [-0.05, 0) is 53.4 Å². The van der Waals surface area contributed by atoms with Crippen molar-refractivity contribution in [2.24, 2.45) is 0 Å². The summed E-state index contributed by atoms with van der Waals surface area (Å²) in [7, 11) is 3.12. The Morgan fingerprint density at radius 2 is 1.70 bits per heavy atom.